The zero-order valence-electron chi connectivity index (χ0n) is 17.0. The van der Waals surface area contributed by atoms with Crippen LogP contribution in [0.2, 0.25) is 0 Å². The predicted molar refractivity (Wildman–Crippen MR) is 110 cm³/mol. The molecule has 3 heterocycles. The van der Waals surface area contributed by atoms with Crippen molar-refractivity contribution in [2.45, 2.75) is 38.8 Å². The maximum Gasteiger partial charge on any atom is 0.318 e. The third kappa shape index (κ3) is 4.92. The summed E-state index contributed by atoms with van der Waals surface area (Å²) in [6.07, 6.45) is 5.93. The number of anilines is 1. The minimum atomic E-state index is 0.0461. The maximum absolute atomic E-state index is 12.6. The van der Waals surface area contributed by atoms with Crippen LogP contribution in [-0.2, 0) is 29.0 Å². The maximum atomic E-state index is 12.6. The number of carbonyl (C=O) groups excluding carboxylic acids is 1. The van der Waals surface area contributed by atoms with Gasteiger partial charge in [0.25, 0.3) is 0 Å². The molecule has 2 aliphatic rings. The van der Waals surface area contributed by atoms with E-state index < -0.39 is 0 Å². The summed E-state index contributed by atoms with van der Waals surface area (Å²) >= 11 is 0. The number of hydrogen-bond acceptors (Lipinski definition) is 6. The SMILES string of the molecule is COCCOc1ncc2c(n1)N(Cc1cccc(CN3CCCCC3)c1)C(=O)C2. The molecule has 0 saturated carbocycles. The first kappa shape index (κ1) is 19.8. The molecule has 0 radical (unpaired) electrons. The van der Waals surface area contributed by atoms with Crippen molar-refractivity contribution >= 4 is 11.7 Å². The molecule has 2 aliphatic heterocycles. The van der Waals surface area contributed by atoms with Gasteiger partial charge in [-0.1, -0.05) is 30.7 Å². The highest BCUT2D eigenvalue weighted by atomic mass is 16.5. The van der Waals surface area contributed by atoms with Gasteiger partial charge < -0.3 is 9.47 Å². The molecule has 1 aromatic heterocycles. The van der Waals surface area contributed by atoms with Gasteiger partial charge in [-0.25, -0.2) is 4.98 Å². The van der Waals surface area contributed by atoms with E-state index in [1.807, 2.05) is 0 Å². The minimum Gasteiger partial charge on any atom is -0.461 e. The molecule has 1 aromatic carbocycles. The zero-order chi connectivity index (χ0) is 20.1. The summed E-state index contributed by atoms with van der Waals surface area (Å²) in [7, 11) is 1.62. The van der Waals surface area contributed by atoms with Gasteiger partial charge in [-0.15, -0.1) is 0 Å². The van der Waals surface area contributed by atoms with Crippen molar-refractivity contribution in [2.24, 2.45) is 0 Å². The van der Waals surface area contributed by atoms with Crippen LogP contribution in [0.3, 0.4) is 0 Å². The number of aromatic nitrogens is 2. The summed E-state index contributed by atoms with van der Waals surface area (Å²) in [5.41, 5.74) is 3.25. The largest absolute Gasteiger partial charge is 0.461 e. The van der Waals surface area contributed by atoms with Crippen molar-refractivity contribution in [3.05, 3.63) is 47.2 Å². The van der Waals surface area contributed by atoms with Crippen molar-refractivity contribution in [2.75, 3.05) is 38.3 Å². The van der Waals surface area contributed by atoms with Gasteiger partial charge in [0.05, 0.1) is 19.6 Å². The fourth-order valence-electron chi connectivity index (χ4n) is 3.95. The van der Waals surface area contributed by atoms with Crippen molar-refractivity contribution in [3.8, 4) is 6.01 Å². The molecule has 2 aromatic rings. The zero-order valence-corrected chi connectivity index (χ0v) is 17.0. The Morgan fingerprint density at radius 2 is 1.86 bits per heavy atom. The highest BCUT2D eigenvalue weighted by Crippen LogP contribution is 2.29. The van der Waals surface area contributed by atoms with Crippen LogP contribution < -0.4 is 9.64 Å². The van der Waals surface area contributed by atoms with Gasteiger partial charge >= 0.3 is 6.01 Å². The molecule has 0 N–H and O–H groups in total. The van der Waals surface area contributed by atoms with E-state index in [-0.39, 0.29) is 11.9 Å². The van der Waals surface area contributed by atoms with E-state index in [1.54, 1.807) is 18.2 Å². The van der Waals surface area contributed by atoms with Crippen molar-refractivity contribution < 1.29 is 14.3 Å². The number of hydrogen-bond donors (Lipinski definition) is 0. The second-order valence-electron chi connectivity index (χ2n) is 7.66. The van der Waals surface area contributed by atoms with E-state index in [2.05, 4.69) is 39.1 Å². The Morgan fingerprint density at radius 1 is 1.07 bits per heavy atom. The monoisotopic (exact) mass is 396 g/mol. The Balaban J connectivity index is 1.46. The van der Waals surface area contributed by atoms with Crippen LogP contribution in [0.25, 0.3) is 0 Å². The van der Waals surface area contributed by atoms with Crippen molar-refractivity contribution in [1.82, 2.24) is 14.9 Å². The number of rotatable bonds is 8. The molecule has 0 atom stereocenters. The van der Waals surface area contributed by atoms with Crippen LogP contribution >= 0.6 is 0 Å². The van der Waals surface area contributed by atoms with E-state index in [4.69, 9.17) is 9.47 Å². The fraction of sp³-hybridized carbons (Fsp3) is 0.500. The summed E-state index contributed by atoms with van der Waals surface area (Å²) in [6, 6.07) is 8.80. The Bertz CT molecular complexity index is 852. The molecule has 0 aliphatic carbocycles. The Labute approximate surface area is 171 Å². The van der Waals surface area contributed by atoms with E-state index in [0.717, 1.165) is 17.7 Å². The molecule has 0 bridgehead atoms. The minimum absolute atomic E-state index is 0.0461. The van der Waals surface area contributed by atoms with Crippen LogP contribution in [0.5, 0.6) is 6.01 Å². The second kappa shape index (κ2) is 9.33. The summed E-state index contributed by atoms with van der Waals surface area (Å²) in [5.74, 6) is 0.698. The lowest BCUT2D eigenvalue weighted by Crippen LogP contribution is -2.29. The highest BCUT2D eigenvalue weighted by Gasteiger charge is 2.30. The molecule has 4 rings (SSSR count). The molecule has 1 saturated heterocycles. The van der Waals surface area contributed by atoms with E-state index in [0.29, 0.717) is 32.0 Å². The number of nitrogens with zero attached hydrogens (tertiary/aromatic N) is 4. The smallest absolute Gasteiger partial charge is 0.318 e. The lowest BCUT2D eigenvalue weighted by atomic mass is 10.1. The van der Waals surface area contributed by atoms with Crippen LogP contribution in [0.15, 0.2) is 30.5 Å². The van der Waals surface area contributed by atoms with Gasteiger partial charge in [-0.3, -0.25) is 14.6 Å². The number of carbonyl (C=O) groups is 1. The number of piperidine rings is 1. The van der Waals surface area contributed by atoms with E-state index >= 15 is 0 Å². The van der Waals surface area contributed by atoms with E-state index in [9.17, 15) is 4.79 Å². The first-order valence-electron chi connectivity index (χ1n) is 10.3. The quantitative estimate of drug-likeness (QED) is 0.639. The fourth-order valence-corrected chi connectivity index (χ4v) is 3.95. The topological polar surface area (TPSA) is 67.8 Å². The molecular weight excluding hydrogens is 368 g/mol. The predicted octanol–water partition coefficient (Wildman–Crippen LogP) is 2.58. The number of benzene rings is 1. The van der Waals surface area contributed by atoms with Gasteiger partial charge in [0.1, 0.15) is 12.4 Å². The second-order valence-corrected chi connectivity index (χ2v) is 7.66. The average molecular weight is 396 g/mol. The molecule has 29 heavy (non-hydrogen) atoms. The standard InChI is InChI=1S/C22H28N4O3/c1-28-10-11-29-22-23-14-19-13-20(27)26(21(19)24-22)16-18-7-5-6-17(12-18)15-25-8-3-2-4-9-25/h5-7,12,14H,2-4,8-11,13,15-16H2,1H3. The Kier molecular flexibility index (Phi) is 6.36. The number of likely N-dealkylation sites (tertiary alicyclic amines) is 1. The van der Waals surface area contributed by atoms with Gasteiger partial charge in [0.2, 0.25) is 5.91 Å². The summed E-state index contributed by atoms with van der Waals surface area (Å²) in [5, 5.41) is 0. The first-order valence-corrected chi connectivity index (χ1v) is 10.3. The van der Waals surface area contributed by atoms with Crippen LogP contribution in [-0.4, -0.2) is 54.2 Å². The summed E-state index contributed by atoms with van der Waals surface area (Å²) in [6.45, 7) is 4.66. The lowest BCUT2D eigenvalue weighted by Gasteiger charge is -2.26. The molecule has 1 amide bonds. The Morgan fingerprint density at radius 3 is 2.66 bits per heavy atom. The number of methoxy groups -OCH3 is 1. The average Bonchev–Trinajstić information content (AvgIpc) is 3.04. The lowest BCUT2D eigenvalue weighted by molar-refractivity contribution is -0.117. The van der Waals surface area contributed by atoms with Crippen molar-refractivity contribution in [3.63, 3.8) is 0 Å². The first-order chi connectivity index (χ1) is 14.2. The molecular formula is C22H28N4O3. The normalized spacial score (nSPS) is 16.9. The molecule has 0 spiro atoms. The molecule has 154 valence electrons. The van der Waals surface area contributed by atoms with Gasteiger partial charge in [0.15, 0.2) is 0 Å². The molecule has 1 fully saturated rings. The molecule has 0 unspecified atom stereocenters. The number of fused-ring (bicyclic) bond motifs is 1. The van der Waals surface area contributed by atoms with Crippen molar-refractivity contribution in [1.29, 1.82) is 0 Å². The van der Waals surface area contributed by atoms with Crippen LogP contribution in [0.1, 0.15) is 36.0 Å². The highest BCUT2D eigenvalue weighted by molar-refractivity contribution is 6.00. The Hall–Kier alpha value is -2.51. The van der Waals surface area contributed by atoms with Gasteiger partial charge in [-0.05, 0) is 37.1 Å². The van der Waals surface area contributed by atoms with Gasteiger partial charge in [0, 0.05) is 25.4 Å². The summed E-state index contributed by atoms with van der Waals surface area (Å²) in [4.78, 5) is 25.5. The number of amides is 1. The number of ether oxygens (including phenoxy) is 2. The molecule has 7 nitrogen and oxygen atoms in total. The van der Waals surface area contributed by atoms with Crippen LogP contribution in [0, 0.1) is 0 Å². The third-order valence-electron chi connectivity index (χ3n) is 5.42. The van der Waals surface area contributed by atoms with Crippen LogP contribution in [0.4, 0.5) is 5.82 Å². The van der Waals surface area contributed by atoms with Gasteiger partial charge in [-0.2, -0.15) is 4.98 Å². The summed E-state index contributed by atoms with van der Waals surface area (Å²) < 4.78 is 10.5. The molecule has 7 heteroatoms. The third-order valence-corrected chi connectivity index (χ3v) is 5.42. The van der Waals surface area contributed by atoms with E-state index in [1.165, 1.54) is 37.9 Å².